The van der Waals surface area contributed by atoms with Crippen LogP contribution >= 0.6 is 0 Å². The first-order valence-electron chi connectivity index (χ1n) is 10.2. The zero-order valence-electron chi connectivity index (χ0n) is 15.5. The minimum atomic E-state index is 0.798. The highest BCUT2D eigenvalue weighted by Gasteiger charge is 2.30. The van der Waals surface area contributed by atoms with Crippen molar-refractivity contribution >= 4 is 0 Å². The topological polar surface area (TPSA) is 18.5 Å². The summed E-state index contributed by atoms with van der Waals surface area (Å²) >= 11 is 0. The monoisotopic (exact) mass is 322 g/mol. The van der Waals surface area contributed by atoms with Crippen molar-refractivity contribution in [3.63, 3.8) is 0 Å². The molecule has 0 bridgehead atoms. The Bertz CT molecular complexity index is 310. The van der Waals surface area contributed by atoms with Crippen LogP contribution in [0.3, 0.4) is 0 Å². The van der Waals surface area contributed by atoms with E-state index >= 15 is 0 Å². The summed E-state index contributed by atoms with van der Waals surface area (Å²) in [6.07, 6.45) is 17.8. The fraction of sp³-hybridized carbons (Fsp3) is 0.905. The smallest absolute Gasteiger partial charge is 0.0901 e. The summed E-state index contributed by atoms with van der Waals surface area (Å²) in [5, 5.41) is 0. The highest BCUT2D eigenvalue weighted by Crippen LogP contribution is 2.41. The van der Waals surface area contributed by atoms with E-state index in [0.29, 0.717) is 0 Å². The van der Waals surface area contributed by atoms with Crippen molar-refractivity contribution < 1.29 is 9.47 Å². The van der Waals surface area contributed by atoms with Crippen LogP contribution in [0.15, 0.2) is 12.3 Å². The quantitative estimate of drug-likeness (QED) is 0.487. The third-order valence-electron chi connectivity index (χ3n) is 5.99. The Kier molecular flexibility index (Phi) is 9.11. The predicted octanol–water partition coefficient (Wildman–Crippen LogP) is 5.97. The number of allylic oxidation sites excluding steroid dienone is 1. The lowest BCUT2D eigenvalue weighted by Gasteiger charge is -2.37. The molecule has 2 nitrogen and oxygen atoms in total. The molecule has 0 aliphatic heterocycles. The molecule has 2 aliphatic carbocycles. The zero-order valence-corrected chi connectivity index (χ0v) is 15.5. The van der Waals surface area contributed by atoms with Crippen LogP contribution in [0.4, 0.5) is 0 Å². The van der Waals surface area contributed by atoms with Gasteiger partial charge in [-0.15, -0.1) is 0 Å². The number of rotatable bonds is 9. The van der Waals surface area contributed by atoms with Crippen molar-refractivity contribution in [1.82, 2.24) is 0 Å². The predicted molar refractivity (Wildman–Crippen MR) is 97.4 cm³/mol. The Hall–Kier alpha value is -0.500. The second-order valence-corrected chi connectivity index (χ2v) is 7.71. The average Bonchev–Trinajstić information content (AvgIpc) is 2.61. The zero-order chi connectivity index (χ0) is 16.3. The summed E-state index contributed by atoms with van der Waals surface area (Å²) in [4.78, 5) is 0. The van der Waals surface area contributed by atoms with Gasteiger partial charge in [-0.3, -0.25) is 0 Å². The minimum Gasteiger partial charge on any atom is -0.501 e. The maximum absolute atomic E-state index is 5.71. The molecule has 0 heterocycles. The van der Waals surface area contributed by atoms with Crippen LogP contribution in [-0.4, -0.2) is 19.8 Å². The van der Waals surface area contributed by atoms with E-state index in [0.717, 1.165) is 49.9 Å². The lowest BCUT2D eigenvalue weighted by Crippen LogP contribution is -2.28. The Balaban J connectivity index is 1.58. The molecule has 0 atom stereocenters. The van der Waals surface area contributed by atoms with Gasteiger partial charge in [-0.05, 0) is 94.5 Å². The van der Waals surface area contributed by atoms with E-state index in [2.05, 4.69) is 19.9 Å². The van der Waals surface area contributed by atoms with Crippen molar-refractivity contribution in [2.45, 2.75) is 78.1 Å². The number of hydrogen-bond donors (Lipinski definition) is 0. The van der Waals surface area contributed by atoms with Gasteiger partial charge in [0, 0.05) is 13.2 Å². The molecular weight excluding hydrogens is 284 g/mol. The van der Waals surface area contributed by atoms with Crippen molar-refractivity contribution in [3.05, 3.63) is 12.3 Å². The van der Waals surface area contributed by atoms with Crippen LogP contribution < -0.4 is 0 Å². The summed E-state index contributed by atoms with van der Waals surface area (Å²) in [7, 11) is 0. The summed E-state index contributed by atoms with van der Waals surface area (Å²) in [5.74, 6) is 3.63. The van der Waals surface area contributed by atoms with E-state index in [1.165, 1.54) is 57.8 Å². The lowest BCUT2D eigenvalue weighted by molar-refractivity contribution is 0.0668. The molecule has 0 aromatic rings. The van der Waals surface area contributed by atoms with Crippen LogP contribution in [0, 0.1) is 23.7 Å². The molecule has 2 saturated carbocycles. The molecule has 0 amide bonds. The summed E-state index contributed by atoms with van der Waals surface area (Å²) in [6.45, 7) is 7.12. The van der Waals surface area contributed by atoms with Gasteiger partial charge < -0.3 is 9.47 Å². The molecule has 0 aromatic carbocycles. The normalized spacial score (nSPS) is 32.3. The standard InChI is InChI=1S/C21H38O2/c1-3-5-6-15-23-17-19-9-13-21(14-10-19)20-11-7-18(8-12-20)16-22-4-2/h6,15,18-21H,3-5,7-14,16-17H2,1-2H3/t18-,19-,20-,21-. The third kappa shape index (κ3) is 6.87. The van der Waals surface area contributed by atoms with Crippen LogP contribution in [0.2, 0.25) is 0 Å². The van der Waals surface area contributed by atoms with E-state index in [4.69, 9.17) is 9.47 Å². The maximum atomic E-state index is 5.71. The Morgan fingerprint density at radius 1 is 0.783 bits per heavy atom. The molecular formula is C21H38O2. The molecule has 2 heteroatoms. The van der Waals surface area contributed by atoms with Gasteiger partial charge in [0.25, 0.3) is 0 Å². The Morgan fingerprint density at radius 2 is 1.35 bits per heavy atom. The molecule has 2 fully saturated rings. The van der Waals surface area contributed by atoms with E-state index in [1.54, 1.807) is 0 Å². The van der Waals surface area contributed by atoms with Crippen molar-refractivity contribution in [3.8, 4) is 0 Å². The molecule has 0 spiro atoms. The van der Waals surface area contributed by atoms with E-state index in [-0.39, 0.29) is 0 Å². The molecule has 0 saturated heterocycles. The van der Waals surface area contributed by atoms with Gasteiger partial charge >= 0.3 is 0 Å². The van der Waals surface area contributed by atoms with Gasteiger partial charge in [0.1, 0.15) is 0 Å². The van der Waals surface area contributed by atoms with Gasteiger partial charge in [0.2, 0.25) is 0 Å². The Labute approximate surface area is 144 Å². The fourth-order valence-corrected chi connectivity index (χ4v) is 4.43. The van der Waals surface area contributed by atoms with Crippen molar-refractivity contribution in [2.24, 2.45) is 23.7 Å². The first kappa shape index (κ1) is 18.8. The highest BCUT2D eigenvalue weighted by atomic mass is 16.5. The fourth-order valence-electron chi connectivity index (χ4n) is 4.43. The molecule has 134 valence electrons. The highest BCUT2D eigenvalue weighted by molar-refractivity contribution is 4.82. The number of unbranched alkanes of at least 4 members (excludes halogenated alkanes) is 1. The second kappa shape index (κ2) is 11.1. The van der Waals surface area contributed by atoms with Gasteiger partial charge in [0.15, 0.2) is 0 Å². The molecule has 0 N–H and O–H groups in total. The largest absolute Gasteiger partial charge is 0.501 e. The van der Waals surface area contributed by atoms with Crippen LogP contribution in [0.5, 0.6) is 0 Å². The number of hydrogen-bond acceptors (Lipinski definition) is 2. The minimum absolute atomic E-state index is 0.798. The second-order valence-electron chi connectivity index (χ2n) is 7.71. The van der Waals surface area contributed by atoms with Gasteiger partial charge in [-0.25, -0.2) is 0 Å². The molecule has 23 heavy (non-hydrogen) atoms. The molecule has 0 aromatic heterocycles. The van der Waals surface area contributed by atoms with Gasteiger partial charge in [-0.2, -0.15) is 0 Å². The summed E-state index contributed by atoms with van der Waals surface area (Å²) in [5.41, 5.74) is 0. The average molecular weight is 323 g/mol. The Morgan fingerprint density at radius 3 is 1.87 bits per heavy atom. The lowest BCUT2D eigenvalue weighted by atomic mass is 9.69. The molecule has 0 unspecified atom stereocenters. The van der Waals surface area contributed by atoms with E-state index in [1.807, 2.05) is 6.26 Å². The molecule has 2 rings (SSSR count). The molecule has 2 aliphatic rings. The SMILES string of the molecule is CCCC=COC[C@H]1CC[C@H]([C@H]2CC[C@H](COCC)CC2)CC1. The van der Waals surface area contributed by atoms with E-state index < -0.39 is 0 Å². The van der Waals surface area contributed by atoms with Crippen LogP contribution in [0.25, 0.3) is 0 Å². The van der Waals surface area contributed by atoms with Gasteiger partial charge in [0.05, 0.1) is 12.9 Å². The number of ether oxygens (including phenoxy) is 2. The van der Waals surface area contributed by atoms with Gasteiger partial charge in [-0.1, -0.05) is 13.3 Å². The first-order chi connectivity index (χ1) is 11.3. The maximum Gasteiger partial charge on any atom is 0.0901 e. The summed E-state index contributed by atoms with van der Waals surface area (Å²) < 4.78 is 11.3. The van der Waals surface area contributed by atoms with Crippen molar-refractivity contribution in [2.75, 3.05) is 19.8 Å². The van der Waals surface area contributed by atoms with Crippen LogP contribution in [-0.2, 0) is 9.47 Å². The summed E-state index contributed by atoms with van der Waals surface area (Å²) in [6, 6.07) is 0. The van der Waals surface area contributed by atoms with Crippen LogP contribution in [0.1, 0.15) is 78.1 Å². The van der Waals surface area contributed by atoms with Crippen molar-refractivity contribution in [1.29, 1.82) is 0 Å². The first-order valence-corrected chi connectivity index (χ1v) is 10.2. The third-order valence-corrected chi connectivity index (χ3v) is 5.99. The molecule has 0 radical (unpaired) electrons. The van der Waals surface area contributed by atoms with E-state index in [9.17, 15) is 0 Å².